The number of nitrogens with one attached hydrogen (secondary N) is 1. The second-order valence-electron chi connectivity index (χ2n) is 10.3. The third-order valence-electron chi connectivity index (χ3n) is 6.59. The predicted molar refractivity (Wildman–Crippen MR) is 146 cm³/mol. The van der Waals surface area contributed by atoms with Gasteiger partial charge in [0.15, 0.2) is 5.82 Å². The quantitative estimate of drug-likeness (QED) is 0.381. The lowest BCUT2D eigenvalue weighted by Crippen LogP contribution is -2.17. The number of anilines is 1. The Kier molecular flexibility index (Phi) is 6.38. The molecule has 7 nitrogen and oxygen atoms in total. The molecular weight excluding hydrogens is 462 g/mol. The Bertz CT molecular complexity index is 1460. The number of fused-ring (bicyclic) bond motifs is 3. The van der Waals surface area contributed by atoms with E-state index in [4.69, 9.17) is 9.73 Å². The summed E-state index contributed by atoms with van der Waals surface area (Å²) in [6.45, 7) is 8.50. The number of methoxy groups -OCH3 is 1. The molecule has 2 heterocycles. The minimum absolute atomic E-state index is 0.0357. The fourth-order valence-electron chi connectivity index (χ4n) is 4.61. The molecule has 4 aromatic rings. The summed E-state index contributed by atoms with van der Waals surface area (Å²) in [5.41, 5.74) is 5.58. The number of para-hydroxylation sites is 1. The number of hydrogen-bond donors (Lipinski definition) is 1. The Hall–Kier alpha value is -4.26. The topological polar surface area (TPSA) is 81.4 Å². The Labute approximate surface area is 217 Å². The number of rotatable bonds is 5. The van der Waals surface area contributed by atoms with Crippen molar-refractivity contribution in [3.05, 3.63) is 101 Å². The van der Waals surface area contributed by atoms with Gasteiger partial charge in [0, 0.05) is 16.8 Å². The molecule has 1 N–H and O–H groups in total. The van der Waals surface area contributed by atoms with Gasteiger partial charge in [-0.3, -0.25) is 14.4 Å². The molecule has 0 aliphatic carbocycles. The van der Waals surface area contributed by atoms with Crippen LogP contribution in [0.5, 0.6) is 5.75 Å². The van der Waals surface area contributed by atoms with Crippen molar-refractivity contribution in [2.75, 3.05) is 12.4 Å². The number of hydrogen-bond acceptors (Lipinski definition) is 5. The first kappa shape index (κ1) is 24.4. The van der Waals surface area contributed by atoms with Gasteiger partial charge in [-0.1, -0.05) is 63.2 Å². The summed E-state index contributed by atoms with van der Waals surface area (Å²) in [5.74, 6) is 1.95. The first-order chi connectivity index (χ1) is 17.7. The largest absolute Gasteiger partial charge is 0.497 e. The van der Waals surface area contributed by atoms with Crippen molar-refractivity contribution in [3.63, 3.8) is 0 Å². The number of aliphatic imine (C=N–C) groups is 1. The van der Waals surface area contributed by atoms with Crippen LogP contribution >= 0.6 is 0 Å². The van der Waals surface area contributed by atoms with E-state index in [1.807, 2.05) is 60.0 Å². The van der Waals surface area contributed by atoms with Crippen LogP contribution in [0.2, 0.25) is 0 Å². The molecule has 0 saturated carbocycles. The van der Waals surface area contributed by atoms with Crippen molar-refractivity contribution in [1.82, 2.24) is 14.8 Å². The van der Waals surface area contributed by atoms with Crippen LogP contribution in [0.15, 0.2) is 77.8 Å². The van der Waals surface area contributed by atoms with E-state index in [9.17, 15) is 4.79 Å². The predicted octanol–water partition coefficient (Wildman–Crippen LogP) is 5.80. The maximum Gasteiger partial charge on any atom is 0.227 e. The molecule has 7 heteroatoms. The monoisotopic (exact) mass is 493 g/mol. The van der Waals surface area contributed by atoms with E-state index in [2.05, 4.69) is 60.6 Å². The molecule has 0 radical (unpaired) electrons. The number of amides is 1. The van der Waals surface area contributed by atoms with Crippen LogP contribution in [0.1, 0.15) is 61.6 Å². The Balaban J connectivity index is 1.63. The summed E-state index contributed by atoms with van der Waals surface area (Å²) < 4.78 is 7.56. The van der Waals surface area contributed by atoms with Crippen molar-refractivity contribution in [1.29, 1.82) is 0 Å². The third-order valence-corrected chi connectivity index (χ3v) is 6.59. The lowest BCUT2D eigenvalue weighted by atomic mass is 9.86. The normalized spacial score (nSPS) is 14.7. The minimum atomic E-state index is -0.527. The molecule has 1 aliphatic heterocycles. The van der Waals surface area contributed by atoms with Gasteiger partial charge in [-0.25, -0.2) is 0 Å². The maximum atomic E-state index is 13.1. The average molecular weight is 494 g/mol. The molecule has 0 saturated heterocycles. The summed E-state index contributed by atoms with van der Waals surface area (Å²) in [5, 5.41) is 11.8. The number of carbonyl (C=O) groups is 1. The van der Waals surface area contributed by atoms with Gasteiger partial charge >= 0.3 is 0 Å². The number of aromatic nitrogens is 3. The van der Waals surface area contributed by atoms with E-state index >= 15 is 0 Å². The fraction of sp³-hybridized carbons (Fsp3) is 0.267. The first-order valence-corrected chi connectivity index (χ1v) is 12.4. The van der Waals surface area contributed by atoms with Crippen molar-refractivity contribution in [2.24, 2.45) is 4.99 Å². The van der Waals surface area contributed by atoms with Gasteiger partial charge in [-0.2, -0.15) is 0 Å². The zero-order valence-electron chi connectivity index (χ0n) is 21.8. The molecule has 0 fully saturated rings. The molecule has 1 aromatic heterocycles. The van der Waals surface area contributed by atoms with Crippen LogP contribution in [0, 0.1) is 6.92 Å². The van der Waals surface area contributed by atoms with Crippen LogP contribution in [0.25, 0.3) is 5.69 Å². The molecule has 1 atom stereocenters. The summed E-state index contributed by atoms with van der Waals surface area (Å²) >= 11 is 0. The number of benzene rings is 3. The molecule has 1 aliphatic rings. The van der Waals surface area contributed by atoms with Gasteiger partial charge < -0.3 is 10.1 Å². The molecule has 0 unspecified atom stereocenters. The summed E-state index contributed by atoms with van der Waals surface area (Å²) in [6.07, 6.45) is 0.127. The van der Waals surface area contributed by atoms with Crippen LogP contribution in [0.4, 0.5) is 5.69 Å². The van der Waals surface area contributed by atoms with Gasteiger partial charge in [0.25, 0.3) is 0 Å². The number of nitrogens with zero attached hydrogens (tertiary/aromatic N) is 4. The molecule has 1 amide bonds. The maximum absolute atomic E-state index is 13.1. The molecule has 0 bridgehead atoms. The highest BCUT2D eigenvalue weighted by Crippen LogP contribution is 2.35. The zero-order valence-corrected chi connectivity index (χ0v) is 21.8. The average Bonchev–Trinajstić information content (AvgIpc) is 3.21. The molecular formula is C30H31N5O2. The van der Waals surface area contributed by atoms with E-state index in [1.165, 1.54) is 5.56 Å². The second kappa shape index (κ2) is 9.65. The van der Waals surface area contributed by atoms with Gasteiger partial charge in [0.1, 0.15) is 17.6 Å². The summed E-state index contributed by atoms with van der Waals surface area (Å²) in [6, 6.07) is 23.3. The lowest BCUT2D eigenvalue weighted by Gasteiger charge is -2.20. The van der Waals surface area contributed by atoms with Gasteiger partial charge in [-0.05, 0) is 48.2 Å². The number of aryl methyl sites for hydroxylation is 1. The second-order valence-corrected chi connectivity index (χ2v) is 10.3. The van der Waals surface area contributed by atoms with Crippen molar-refractivity contribution < 1.29 is 9.53 Å². The van der Waals surface area contributed by atoms with Crippen molar-refractivity contribution in [3.8, 4) is 11.4 Å². The van der Waals surface area contributed by atoms with Gasteiger partial charge in [-0.15, -0.1) is 10.2 Å². The highest BCUT2D eigenvalue weighted by atomic mass is 16.5. The van der Waals surface area contributed by atoms with E-state index in [0.717, 1.165) is 39.8 Å². The van der Waals surface area contributed by atoms with Crippen molar-refractivity contribution in [2.45, 2.75) is 45.6 Å². The molecule has 0 spiro atoms. The standard InChI is InChI=1S/C30H31N5O2/c1-19-33-34-29-25(18-27(36)31-22-9-7-6-8-10-22)32-28(20-11-13-21(14-12-20)30(2,3)4)24-17-23(37-5)15-16-26(24)35(19)29/h6-17,25H,18H2,1-5H3,(H,31,36)/t25-/m0/s1. The van der Waals surface area contributed by atoms with E-state index in [-0.39, 0.29) is 17.7 Å². The molecule has 3 aromatic carbocycles. The van der Waals surface area contributed by atoms with E-state index in [1.54, 1.807) is 7.11 Å². The van der Waals surface area contributed by atoms with Crippen LogP contribution in [-0.4, -0.2) is 33.5 Å². The van der Waals surface area contributed by atoms with Crippen LogP contribution in [-0.2, 0) is 10.2 Å². The lowest BCUT2D eigenvalue weighted by molar-refractivity contribution is -0.116. The molecule has 5 rings (SSSR count). The zero-order chi connectivity index (χ0) is 26.2. The van der Waals surface area contributed by atoms with Crippen LogP contribution in [0.3, 0.4) is 0 Å². The highest BCUT2D eigenvalue weighted by Gasteiger charge is 2.30. The van der Waals surface area contributed by atoms with Gasteiger partial charge in [0.2, 0.25) is 5.91 Å². The van der Waals surface area contributed by atoms with E-state index < -0.39 is 6.04 Å². The smallest absolute Gasteiger partial charge is 0.227 e. The minimum Gasteiger partial charge on any atom is -0.497 e. The Morgan fingerprint density at radius 3 is 2.41 bits per heavy atom. The number of ether oxygens (including phenoxy) is 1. The third kappa shape index (κ3) is 4.89. The molecule has 37 heavy (non-hydrogen) atoms. The van der Waals surface area contributed by atoms with Crippen LogP contribution < -0.4 is 10.1 Å². The Morgan fingerprint density at radius 2 is 1.73 bits per heavy atom. The molecule has 188 valence electrons. The number of carbonyl (C=O) groups excluding carboxylic acids is 1. The van der Waals surface area contributed by atoms with E-state index in [0.29, 0.717) is 5.82 Å². The SMILES string of the molecule is COc1ccc2c(c1)C(c1ccc(C(C)(C)C)cc1)=N[C@@H](CC(=O)Nc1ccccc1)c1nnc(C)n1-2. The summed E-state index contributed by atoms with van der Waals surface area (Å²) in [7, 11) is 1.65. The summed E-state index contributed by atoms with van der Waals surface area (Å²) in [4.78, 5) is 18.3. The van der Waals surface area contributed by atoms with Gasteiger partial charge in [0.05, 0.1) is 24.9 Å². The Morgan fingerprint density at radius 1 is 1.00 bits per heavy atom. The van der Waals surface area contributed by atoms with Crippen molar-refractivity contribution >= 4 is 17.3 Å². The highest BCUT2D eigenvalue weighted by molar-refractivity contribution is 6.15. The first-order valence-electron chi connectivity index (χ1n) is 12.4. The fourth-order valence-corrected chi connectivity index (χ4v) is 4.61.